The van der Waals surface area contributed by atoms with Crippen LogP contribution in [0.3, 0.4) is 0 Å². The van der Waals surface area contributed by atoms with E-state index in [0.717, 1.165) is 17.7 Å². The average molecular weight is 257 g/mol. The lowest BCUT2D eigenvalue weighted by molar-refractivity contribution is -0.122. The van der Waals surface area contributed by atoms with Crippen molar-refractivity contribution in [2.45, 2.75) is 18.9 Å². The number of amides is 1. The SMILES string of the molecule is Cl.NCCCC(=O)NC1COc2ccccc21. The fourth-order valence-corrected chi connectivity index (χ4v) is 1.81. The first-order valence-corrected chi connectivity index (χ1v) is 5.52. The zero-order valence-electron chi connectivity index (χ0n) is 9.52. The molecule has 1 aliphatic heterocycles. The second kappa shape index (κ2) is 6.47. The summed E-state index contributed by atoms with van der Waals surface area (Å²) in [6.07, 6.45) is 1.20. The van der Waals surface area contributed by atoms with Crippen LogP contribution in [0.15, 0.2) is 24.3 Å². The third-order valence-corrected chi connectivity index (χ3v) is 2.64. The van der Waals surface area contributed by atoms with Crippen LogP contribution in [0.1, 0.15) is 24.4 Å². The van der Waals surface area contributed by atoms with E-state index >= 15 is 0 Å². The molecule has 94 valence electrons. The Morgan fingerprint density at radius 3 is 3.00 bits per heavy atom. The number of rotatable bonds is 4. The first kappa shape index (κ1) is 13.8. The van der Waals surface area contributed by atoms with Crippen LogP contribution in [0.5, 0.6) is 5.75 Å². The van der Waals surface area contributed by atoms with E-state index in [0.29, 0.717) is 19.6 Å². The van der Waals surface area contributed by atoms with Crippen molar-refractivity contribution in [1.29, 1.82) is 0 Å². The van der Waals surface area contributed by atoms with E-state index in [-0.39, 0.29) is 24.4 Å². The van der Waals surface area contributed by atoms with Crippen molar-refractivity contribution < 1.29 is 9.53 Å². The number of hydrogen-bond donors (Lipinski definition) is 2. The van der Waals surface area contributed by atoms with Crippen LogP contribution in [0.4, 0.5) is 0 Å². The standard InChI is InChI=1S/C12H16N2O2.ClH/c13-7-3-6-12(15)14-10-8-16-11-5-2-1-4-9(10)11;/h1-2,4-5,10H,3,6-8,13H2,(H,14,15);1H. The van der Waals surface area contributed by atoms with Crippen molar-refractivity contribution in [3.8, 4) is 5.75 Å². The molecule has 1 aliphatic rings. The largest absolute Gasteiger partial charge is 0.491 e. The average Bonchev–Trinajstić information content (AvgIpc) is 2.70. The summed E-state index contributed by atoms with van der Waals surface area (Å²) in [7, 11) is 0. The molecule has 1 amide bonds. The van der Waals surface area contributed by atoms with E-state index in [2.05, 4.69) is 5.32 Å². The molecule has 2 rings (SSSR count). The number of nitrogens with one attached hydrogen (secondary N) is 1. The van der Waals surface area contributed by atoms with Crippen LogP contribution in [0.2, 0.25) is 0 Å². The van der Waals surface area contributed by atoms with Gasteiger partial charge in [-0.3, -0.25) is 4.79 Å². The van der Waals surface area contributed by atoms with Gasteiger partial charge in [-0.05, 0) is 19.0 Å². The van der Waals surface area contributed by atoms with Gasteiger partial charge in [0.05, 0.1) is 6.04 Å². The van der Waals surface area contributed by atoms with Crippen LogP contribution in [0.25, 0.3) is 0 Å². The van der Waals surface area contributed by atoms with E-state index in [4.69, 9.17) is 10.5 Å². The number of carbonyl (C=O) groups is 1. The molecule has 1 aromatic rings. The smallest absolute Gasteiger partial charge is 0.220 e. The minimum Gasteiger partial charge on any atom is -0.491 e. The summed E-state index contributed by atoms with van der Waals surface area (Å²) in [5.41, 5.74) is 6.42. The Labute approximate surface area is 107 Å². The minimum absolute atomic E-state index is 0. The highest BCUT2D eigenvalue weighted by Crippen LogP contribution is 2.31. The second-order valence-corrected chi connectivity index (χ2v) is 3.86. The summed E-state index contributed by atoms with van der Waals surface area (Å²) in [5.74, 6) is 0.905. The predicted octanol–water partition coefficient (Wildman–Crippen LogP) is 1.40. The highest BCUT2D eigenvalue weighted by Gasteiger charge is 2.24. The molecule has 0 saturated heterocycles. The molecule has 1 unspecified atom stereocenters. The molecule has 17 heavy (non-hydrogen) atoms. The van der Waals surface area contributed by atoms with Gasteiger partial charge in [-0.15, -0.1) is 12.4 Å². The molecule has 0 bridgehead atoms. The zero-order valence-corrected chi connectivity index (χ0v) is 10.3. The zero-order chi connectivity index (χ0) is 11.4. The first-order chi connectivity index (χ1) is 7.81. The molecule has 1 heterocycles. The Morgan fingerprint density at radius 2 is 2.24 bits per heavy atom. The Bertz CT molecular complexity index is 385. The molecule has 0 aromatic heterocycles. The molecule has 0 aliphatic carbocycles. The summed E-state index contributed by atoms with van der Waals surface area (Å²) in [4.78, 5) is 11.5. The van der Waals surface area contributed by atoms with Gasteiger partial charge in [-0.1, -0.05) is 18.2 Å². The van der Waals surface area contributed by atoms with E-state index in [9.17, 15) is 4.79 Å². The van der Waals surface area contributed by atoms with Crippen molar-refractivity contribution in [3.05, 3.63) is 29.8 Å². The molecule has 1 atom stereocenters. The number of nitrogens with two attached hydrogens (primary N) is 1. The number of benzene rings is 1. The van der Waals surface area contributed by atoms with Gasteiger partial charge < -0.3 is 15.8 Å². The molecular weight excluding hydrogens is 240 g/mol. The van der Waals surface area contributed by atoms with E-state index in [1.165, 1.54) is 0 Å². The van der Waals surface area contributed by atoms with E-state index in [1.54, 1.807) is 0 Å². The maximum absolute atomic E-state index is 11.5. The Morgan fingerprint density at radius 1 is 1.47 bits per heavy atom. The van der Waals surface area contributed by atoms with Crippen LogP contribution in [-0.4, -0.2) is 19.1 Å². The second-order valence-electron chi connectivity index (χ2n) is 3.86. The van der Waals surface area contributed by atoms with Gasteiger partial charge in [0, 0.05) is 12.0 Å². The van der Waals surface area contributed by atoms with Crippen LogP contribution >= 0.6 is 12.4 Å². The van der Waals surface area contributed by atoms with Crippen molar-refractivity contribution >= 4 is 18.3 Å². The molecule has 0 fully saturated rings. The van der Waals surface area contributed by atoms with Crippen LogP contribution in [0, 0.1) is 0 Å². The lowest BCUT2D eigenvalue weighted by Crippen LogP contribution is -2.29. The molecule has 0 radical (unpaired) electrons. The maximum atomic E-state index is 11.5. The van der Waals surface area contributed by atoms with Gasteiger partial charge in [0.25, 0.3) is 0 Å². The summed E-state index contributed by atoms with van der Waals surface area (Å²) in [6, 6.07) is 7.77. The summed E-state index contributed by atoms with van der Waals surface area (Å²) in [6.45, 7) is 1.07. The fraction of sp³-hybridized carbons (Fsp3) is 0.417. The van der Waals surface area contributed by atoms with Gasteiger partial charge in [0.15, 0.2) is 0 Å². The number of halogens is 1. The third kappa shape index (κ3) is 3.35. The van der Waals surface area contributed by atoms with Crippen LogP contribution in [-0.2, 0) is 4.79 Å². The molecule has 0 saturated carbocycles. The van der Waals surface area contributed by atoms with Gasteiger partial charge in [0.1, 0.15) is 12.4 Å². The van der Waals surface area contributed by atoms with Crippen molar-refractivity contribution in [2.75, 3.05) is 13.2 Å². The molecule has 5 heteroatoms. The Hall–Kier alpha value is -1.26. The Kier molecular flexibility index (Phi) is 5.25. The molecule has 1 aromatic carbocycles. The van der Waals surface area contributed by atoms with Gasteiger partial charge in [-0.2, -0.15) is 0 Å². The number of para-hydroxylation sites is 1. The summed E-state index contributed by atoms with van der Waals surface area (Å²) >= 11 is 0. The first-order valence-electron chi connectivity index (χ1n) is 5.52. The normalized spacial score (nSPS) is 16.6. The number of hydrogen-bond acceptors (Lipinski definition) is 3. The third-order valence-electron chi connectivity index (χ3n) is 2.64. The van der Waals surface area contributed by atoms with Gasteiger partial charge >= 0.3 is 0 Å². The minimum atomic E-state index is -0.0125. The number of fused-ring (bicyclic) bond motifs is 1. The highest BCUT2D eigenvalue weighted by atomic mass is 35.5. The van der Waals surface area contributed by atoms with Gasteiger partial charge in [-0.25, -0.2) is 0 Å². The summed E-state index contributed by atoms with van der Waals surface area (Å²) < 4.78 is 5.48. The topological polar surface area (TPSA) is 64.4 Å². The van der Waals surface area contributed by atoms with Gasteiger partial charge in [0.2, 0.25) is 5.91 Å². The lowest BCUT2D eigenvalue weighted by atomic mass is 10.1. The number of carbonyl (C=O) groups excluding carboxylic acids is 1. The van der Waals surface area contributed by atoms with Crippen LogP contribution < -0.4 is 15.8 Å². The van der Waals surface area contributed by atoms with Crippen molar-refractivity contribution in [1.82, 2.24) is 5.32 Å². The fourth-order valence-electron chi connectivity index (χ4n) is 1.81. The monoisotopic (exact) mass is 256 g/mol. The Balaban J connectivity index is 0.00000144. The van der Waals surface area contributed by atoms with Crippen molar-refractivity contribution in [2.24, 2.45) is 5.73 Å². The molecular formula is C12H17ClN2O2. The molecule has 4 nitrogen and oxygen atoms in total. The quantitative estimate of drug-likeness (QED) is 0.856. The van der Waals surface area contributed by atoms with E-state index < -0.39 is 0 Å². The summed E-state index contributed by atoms with van der Waals surface area (Å²) in [5, 5.41) is 2.95. The lowest BCUT2D eigenvalue weighted by Gasteiger charge is -2.11. The predicted molar refractivity (Wildman–Crippen MR) is 68.4 cm³/mol. The maximum Gasteiger partial charge on any atom is 0.220 e. The molecule has 3 N–H and O–H groups in total. The number of ether oxygens (including phenoxy) is 1. The van der Waals surface area contributed by atoms with Crippen molar-refractivity contribution in [3.63, 3.8) is 0 Å². The van der Waals surface area contributed by atoms with E-state index in [1.807, 2.05) is 24.3 Å². The molecule has 0 spiro atoms. The highest BCUT2D eigenvalue weighted by molar-refractivity contribution is 5.85.